The molecule has 0 radical (unpaired) electrons. The Bertz CT molecular complexity index is 646. The van der Waals surface area contributed by atoms with Gasteiger partial charge in [-0.25, -0.2) is 0 Å². The molecule has 1 saturated heterocycles. The Labute approximate surface area is 140 Å². The van der Waals surface area contributed by atoms with E-state index in [9.17, 15) is 9.90 Å². The number of thiocarbonyl (C=S) groups is 1. The van der Waals surface area contributed by atoms with Crippen LogP contribution in [0.25, 0.3) is 6.08 Å². The normalized spacial score (nSPS) is 17.4. The quantitative estimate of drug-likeness (QED) is 0.613. The highest BCUT2D eigenvalue weighted by Crippen LogP contribution is 2.42. The van der Waals surface area contributed by atoms with E-state index in [-0.39, 0.29) is 26.7 Å². The van der Waals surface area contributed by atoms with Gasteiger partial charge in [0.2, 0.25) is 0 Å². The first-order valence-electron chi connectivity index (χ1n) is 5.48. The number of halogens is 3. The van der Waals surface area contributed by atoms with Gasteiger partial charge in [0.1, 0.15) is 4.32 Å². The molecule has 0 bridgehead atoms. The molecule has 0 aliphatic carbocycles. The number of likely N-dealkylation sites (N-methyl/N-ethyl adjacent to an activating group) is 1. The molecule has 0 atom stereocenters. The minimum absolute atomic E-state index is 0.00395. The number of hydrogen-bond acceptors (Lipinski definition) is 4. The molecule has 1 aliphatic rings. The van der Waals surface area contributed by atoms with E-state index in [1.807, 2.05) is 6.92 Å². The van der Waals surface area contributed by atoms with Gasteiger partial charge in [0.15, 0.2) is 5.75 Å². The van der Waals surface area contributed by atoms with E-state index in [1.54, 1.807) is 0 Å². The van der Waals surface area contributed by atoms with Crippen molar-refractivity contribution < 1.29 is 9.90 Å². The topological polar surface area (TPSA) is 40.5 Å². The number of amides is 1. The lowest BCUT2D eigenvalue weighted by Crippen LogP contribution is -2.27. The molecule has 3 nitrogen and oxygen atoms in total. The summed E-state index contributed by atoms with van der Waals surface area (Å²) in [5.74, 6) is -0.473. The number of hydrogen-bond donors (Lipinski definition) is 1. The first kappa shape index (κ1) is 15.9. The summed E-state index contributed by atoms with van der Waals surface area (Å²) >= 11 is 24.1. The van der Waals surface area contributed by atoms with Crippen molar-refractivity contribution in [3.8, 4) is 5.75 Å². The SMILES string of the molecule is CCN1C(=O)/C(=C\c2c(Cl)cc(Cl)c(O)c2Cl)SC1=S. The third-order valence-corrected chi connectivity index (χ3v) is 5.01. The van der Waals surface area contributed by atoms with Crippen LogP contribution >= 0.6 is 58.8 Å². The highest BCUT2D eigenvalue weighted by Gasteiger charge is 2.31. The second kappa shape index (κ2) is 6.12. The molecule has 1 aromatic rings. The van der Waals surface area contributed by atoms with Gasteiger partial charge in [-0.15, -0.1) is 0 Å². The summed E-state index contributed by atoms with van der Waals surface area (Å²) in [6, 6.07) is 1.37. The van der Waals surface area contributed by atoms with Crippen molar-refractivity contribution in [1.29, 1.82) is 0 Å². The highest BCUT2D eigenvalue weighted by atomic mass is 35.5. The van der Waals surface area contributed by atoms with Crippen LogP contribution in [0.15, 0.2) is 11.0 Å². The molecule has 0 saturated carbocycles. The largest absolute Gasteiger partial charge is 0.505 e. The first-order valence-corrected chi connectivity index (χ1v) is 7.84. The summed E-state index contributed by atoms with van der Waals surface area (Å²) in [5, 5.41) is 10.0. The molecular formula is C12H8Cl3NO2S2. The minimum Gasteiger partial charge on any atom is -0.505 e. The molecule has 1 N–H and O–H groups in total. The van der Waals surface area contributed by atoms with Crippen LogP contribution < -0.4 is 0 Å². The summed E-state index contributed by atoms with van der Waals surface area (Å²) in [6.07, 6.45) is 1.51. The second-order valence-electron chi connectivity index (χ2n) is 3.84. The predicted molar refractivity (Wildman–Crippen MR) is 88.7 cm³/mol. The number of carbonyl (C=O) groups excluding carboxylic acids is 1. The summed E-state index contributed by atoms with van der Waals surface area (Å²) in [4.78, 5) is 14.0. The molecule has 0 spiro atoms. The lowest BCUT2D eigenvalue weighted by molar-refractivity contribution is -0.121. The zero-order valence-corrected chi connectivity index (χ0v) is 14.0. The molecule has 1 fully saturated rings. The van der Waals surface area contributed by atoms with E-state index in [1.165, 1.54) is 28.8 Å². The highest BCUT2D eigenvalue weighted by molar-refractivity contribution is 8.26. The van der Waals surface area contributed by atoms with Crippen LogP contribution in [0.1, 0.15) is 12.5 Å². The Morgan fingerprint density at radius 3 is 2.60 bits per heavy atom. The van der Waals surface area contributed by atoms with Crippen LogP contribution in [0.5, 0.6) is 5.75 Å². The van der Waals surface area contributed by atoms with Crippen LogP contribution in [-0.2, 0) is 4.79 Å². The van der Waals surface area contributed by atoms with Gasteiger partial charge in [-0.05, 0) is 19.1 Å². The summed E-state index contributed by atoms with van der Waals surface area (Å²) in [5.41, 5.74) is 0.340. The molecule has 20 heavy (non-hydrogen) atoms. The fourth-order valence-corrected chi connectivity index (χ4v) is 3.87. The van der Waals surface area contributed by atoms with Crippen molar-refractivity contribution in [3.63, 3.8) is 0 Å². The van der Waals surface area contributed by atoms with E-state index in [4.69, 9.17) is 47.0 Å². The van der Waals surface area contributed by atoms with Crippen LogP contribution in [0.4, 0.5) is 0 Å². The number of phenols is 1. The maximum absolute atomic E-state index is 12.1. The van der Waals surface area contributed by atoms with E-state index in [0.717, 1.165) is 0 Å². The van der Waals surface area contributed by atoms with E-state index in [2.05, 4.69) is 0 Å². The Morgan fingerprint density at radius 2 is 2.05 bits per heavy atom. The van der Waals surface area contributed by atoms with E-state index < -0.39 is 0 Å². The second-order valence-corrected chi connectivity index (χ2v) is 6.71. The maximum atomic E-state index is 12.1. The molecule has 1 aromatic carbocycles. The number of carbonyl (C=O) groups is 1. The van der Waals surface area contributed by atoms with Crippen molar-refractivity contribution in [2.75, 3.05) is 6.54 Å². The third-order valence-electron chi connectivity index (χ3n) is 2.65. The molecule has 1 heterocycles. The average molecular weight is 369 g/mol. The zero-order chi connectivity index (χ0) is 15.0. The van der Waals surface area contributed by atoms with Crippen LogP contribution in [-0.4, -0.2) is 26.8 Å². The lowest BCUT2D eigenvalue weighted by Gasteiger charge is -2.10. The Morgan fingerprint density at radius 1 is 1.40 bits per heavy atom. The minimum atomic E-state index is -0.269. The summed E-state index contributed by atoms with van der Waals surface area (Å²) in [7, 11) is 0. The molecule has 1 aliphatic heterocycles. The van der Waals surface area contributed by atoms with Crippen molar-refractivity contribution in [2.45, 2.75) is 6.92 Å². The Hall–Kier alpha value is -0.460. The smallest absolute Gasteiger partial charge is 0.266 e. The fraction of sp³-hybridized carbons (Fsp3) is 0.167. The van der Waals surface area contributed by atoms with Crippen molar-refractivity contribution in [1.82, 2.24) is 4.90 Å². The average Bonchev–Trinajstić information content (AvgIpc) is 2.66. The molecule has 2 rings (SSSR count). The zero-order valence-electron chi connectivity index (χ0n) is 10.1. The Kier molecular flexibility index (Phi) is 4.87. The van der Waals surface area contributed by atoms with Crippen molar-refractivity contribution in [2.24, 2.45) is 0 Å². The Balaban J connectivity index is 2.50. The molecule has 0 aromatic heterocycles. The molecular weight excluding hydrogens is 361 g/mol. The number of aromatic hydroxyl groups is 1. The van der Waals surface area contributed by atoms with Gasteiger partial charge < -0.3 is 5.11 Å². The van der Waals surface area contributed by atoms with Gasteiger partial charge in [0, 0.05) is 12.1 Å². The maximum Gasteiger partial charge on any atom is 0.266 e. The monoisotopic (exact) mass is 367 g/mol. The third kappa shape index (κ3) is 2.78. The number of thioether (sulfide) groups is 1. The lowest BCUT2D eigenvalue weighted by atomic mass is 10.2. The van der Waals surface area contributed by atoms with E-state index >= 15 is 0 Å². The molecule has 8 heteroatoms. The molecule has 106 valence electrons. The predicted octanol–water partition coefficient (Wildman–Crippen LogP) is 4.57. The van der Waals surface area contributed by atoms with Crippen molar-refractivity contribution in [3.05, 3.63) is 31.6 Å². The van der Waals surface area contributed by atoms with Crippen LogP contribution in [0, 0.1) is 0 Å². The number of phenolic OH excluding ortho intramolecular Hbond substituents is 1. The van der Waals surface area contributed by atoms with Crippen LogP contribution in [0.3, 0.4) is 0 Å². The molecule has 1 amide bonds. The number of benzene rings is 1. The van der Waals surface area contributed by atoms with Crippen molar-refractivity contribution >= 4 is 75.1 Å². The summed E-state index contributed by atoms with van der Waals surface area (Å²) < 4.78 is 0.481. The van der Waals surface area contributed by atoms with Gasteiger partial charge in [-0.3, -0.25) is 9.69 Å². The van der Waals surface area contributed by atoms with Gasteiger partial charge in [0.25, 0.3) is 5.91 Å². The number of rotatable bonds is 2. The van der Waals surface area contributed by atoms with Gasteiger partial charge in [-0.2, -0.15) is 0 Å². The van der Waals surface area contributed by atoms with E-state index in [0.29, 0.717) is 21.3 Å². The first-order chi connectivity index (χ1) is 9.36. The van der Waals surface area contributed by atoms with Gasteiger partial charge in [0.05, 0.1) is 20.0 Å². The fourth-order valence-electron chi connectivity index (χ4n) is 1.63. The number of nitrogens with zero attached hydrogens (tertiary/aromatic N) is 1. The van der Waals surface area contributed by atoms with Gasteiger partial charge >= 0.3 is 0 Å². The van der Waals surface area contributed by atoms with Crippen LogP contribution in [0.2, 0.25) is 15.1 Å². The van der Waals surface area contributed by atoms with Gasteiger partial charge in [-0.1, -0.05) is 58.8 Å². The molecule has 0 unspecified atom stereocenters. The standard InChI is InChI=1S/C12H8Cl3NO2S2/c1-2-16-11(18)8(20-12(16)19)3-5-6(13)4-7(14)10(17)9(5)15/h3-4,17H,2H2,1H3/b8-3+. The summed E-state index contributed by atoms with van der Waals surface area (Å²) in [6.45, 7) is 2.33.